The summed E-state index contributed by atoms with van der Waals surface area (Å²) < 4.78 is 5.44. The summed E-state index contributed by atoms with van der Waals surface area (Å²) in [6, 6.07) is 0.153. The van der Waals surface area contributed by atoms with Crippen molar-refractivity contribution in [1.82, 2.24) is 20.4 Å². The molecule has 1 fully saturated rings. The molecular weight excluding hydrogens is 332 g/mol. The third kappa shape index (κ3) is 8.85. The van der Waals surface area contributed by atoms with Gasteiger partial charge >= 0.3 is 6.03 Å². The number of rotatable bonds is 11. The lowest BCUT2D eigenvalue weighted by molar-refractivity contribution is -0.121. The van der Waals surface area contributed by atoms with E-state index in [1.807, 2.05) is 13.8 Å². The standard InChI is InChI=1S/C19H38N4O3/c1-5-7-20-18(24)15-23(8-6-2)19(25)21-14-17(13-16(3)4)22-9-11-26-12-10-22/h16-17H,5-15H2,1-4H3,(H,20,24)(H,21,25). The van der Waals surface area contributed by atoms with Crippen LogP contribution < -0.4 is 10.6 Å². The number of hydrogen-bond donors (Lipinski definition) is 2. The van der Waals surface area contributed by atoms with Crippen LogP contribution in [0.2, 0.25) is 0 Å². The number of carbonyl (C=O) groups is 2. The number of nitrogens with zero attached hydrogens (tertiary/aromatic N) is 2. The van der Waals surface area contributed by atoms with Crippen LogP contribution in [0.15, 0.2) is 0 Å². The lowest BCUT2D eigenvalue weighted by Crippen LogP contribution is -2.52. The van der Waals surface area contributed by atoms with E-state index in [-0.39, 0.29) is 18.5 Å². The van der Waals surface area contributed by atoms with Gasteiger partial charge in [0.1, 0.15) is 6.54 Å². The summed E-state index contributed by atoms with van der Waals surface area (Å²) in [7, 11) is 0. The minimum absolute atomic E-state index is 0.0950. The van der Waals surface area contributed by atoms with Crippen LogP contribution in [0.4, 0.5) is 4.79 Å². The molecule has 0 aromatic heterocycles. The van der Waals surface area contributed by atoms with E-state index in [1.54, 1.807) is 4.90 Å². The van der Waals surface area contributed by atoms with Crippen molar-refractivity contribution in [2.24, 2.45) is 5.92 Å². The van der Waals surface area contributed by atoms with Crippen LogP contribution in [0, 0.1) is 5.92 Å². The van der Waals surface area contributed by atoms with E-state index in [2.05, 4.69) is 29.4 Å². The largest absolute Gasteiger partial charge is 0.379 e. The average molecular weight is 371 g/mol. The zero-order chi connectivity index (χ0) is 19.4. The third-order valence-corrected chi connectivity index (χ3v) is 4.48. The smallest absolute Gasteiger partial charge is 0.317 e. The summed E-state index contributed by atoms with van der Waals surface area (Å²) in [5.74, 6) is 0.466. The molecule has 1 atom stereocenters. The normalized spacial score (nSPS) is 16.3. The van der Waals surface area contributed by atoms with Gasteiger partial charge in [0, 0.05) is 38.8 Å². The maximum atomic E-state index is 12.6. The van der Waals surface area contributed by atoms with Crippen molar-refractivity contribution in [2.75, 3.05) is 52.5 Å². The van der Waals surface area contributed by atoms with E-state index >= 15 is 0 Å². The number of amides is 3. The molecule has 1 rings (SSSR count). The van der Waals surface area contributed by atoms with E-state index in [0.29, 0.717) is 31.6 Å². The second kappa shape index (κ2) is 12.9. The number of hydrogen-bond acceptors (Lipinski definition) is 4. The lowest BCUT2D eigenvalue weighted by Gasteiger charge is -2.36. The molecule has 0 spiro atoms. The van der Waals surface area contributed by atoms with E-state index in [9.17, 15) is 9.59 Å². The van der Waals surface area contributed by atoms with Crippen LogP contribution in [0.25, 0.3) is 0 Å². The highest BCUT2D eigenvalue weighted by Crippen LogP contribution is 2.13. The van der Waals surface area contributed by atoms with Gasteiger partial charge < -0.3 is 20.3 Å². The molecule has 1 saturated heterocycles. The predicted octanol–water partition coefficient (Wildman–Crippen LogP) is 1.68. The highest BCUT2D eigenvalue weighted by molar-refractivity contribution is 5.84. The minimum Gasteiger partial charge on any atom is -0.379 e. The van der Waals surface area contributed by atoms with Gasteiger partial charge in [-0.3, -0.25) is 9.69 Å². The molecule has 0 saturated carbocycles. The Morgan fingerprint density at radius 3 is 2.38 bits per heavy atom. The first-order valence-electron chi connectivity index (χ1n) is 10.1. The van der Waals surface area contributed by atoms with Crippen molar-refractivity contribution >= 4 is 11.9 Å². The predicted molar refractivity (Wildman–Crippen MR) is 104 cm³/mol. The summed E-state index contributed by atoms with van der Waals surface area (Å²) in [5.41, 5.74) is 0. The molecule has 7 nitrogen and oxygen atoms in total. The van der Waals surface area contributed by atoms with E-state index in [1.165, 1.54) is 0 Å². The van der Waals surface area contributed by atoms with Crippen LogP contribution >= 0.6 is 0 Å². The van der Waals surface area contributed by atoms with Crippen LogP contribution in [-0.2, 0) is 9.53 Å². The number of nitrogens with one attached hydrogen (secondary N) is 2. The summed E-state index contributed by atoms with van der Waals surface area (Å²) >= 11 is 0. The Morgan fingerprint density at radius 2 is 1.81 bits per heavy atom. The van der Waals surface area contributed by atoms with Gasteiger partial charge in [0.2, 0.25) is 5.91 Å². The molecule has 0 radical (unpaired) electrons. The van der Waals surface area contributed by atoms with Crippen LogP contribution in [0.1, 0.15) is 47.0 Å². The minimum atomic E-state index is -0.152. The molecule has 0 bridgehead atoms. The highest BCUT2D eigenvalue weighted by atomic mass is 16.5. The Labute approximate surface area is 158 Å². The van der Waals surface area contributed by atoms with Crippen molar-refractivity contribution < 1.29 is 14.3 Å². The van der Waals surface area contributed by atoms with Gasteiger partial charge in [0.05, 0.1) is 13.2 Å². The van der Waals surface area contributed by atoms with Crippen molar-refractivity contribution in [3.63, 3.8) is 0 Å². The molecule has 1 heterocycles. The Kier molecular flexibility index (Phi) is 11.3. The number of morpholine rings is 1. The van der Waals surface area contributed by atoms with Crippen molar-refractivity contribution in [3.05, 3.63) is 0 Å². The maximum Gasteiger partial charge on any atom is 0.317 e. The fourth-order valence-corrected chi connectivity index (χ4v) is 3.18. The van der Waals surface area contributed by atoms with Crippen LogP contribution in [-0.4, -0.2) is 80.3 Å². The molecule has 26 heavy (non-hydrogen) atoms. The SMILES string of the molecule is CCCNC(=O)CN(CCC)C(=O)NCC(CC(C)C)N1CCOCC1. The van der Waals surface area contributed by atoms with E-state index < -0.39 is 0 Å². The van der Waals surface area contributed by atoms with Gasteiger partial charge in [0.25, 0.3) is 0 Å². The topological polar surface area (TPSA) is 73.9 Å². The maximum absolute atomic E-state index is 12.6. The van der Waals surface area contributed by atoms with Crippen molar-refractivity contribution in [2.45, 2.75) is 53.0 Å². The Morgan fingerprint density at radius 1 is 1.12 bits per heavy atom. The zero-order valence-corrected chi connectivity index (χ0v) is 17.1. The highest BCUT2D eigenvalue weighted by Gasteiger charge is 2.24. The van der Waals surface area contributed by atoms with Crippen LogP contribution in [0.3, 0.4) is 0 Å². The second-order valence-electron chi connectivity index (χ2n) is 7.39. The first kappa shape index (κ1) is 22.7. The summed E-state index contributed by atoms with van der Waals surface area (Å²) in [4.78, 5) is 28.6. The molecule has 3 amide bonds. The fraction of sp³-hybridized carbons (Fsp3) is 0.895. The molecular formula is C19H38N4O3. The fourth-order valence-electron chi connectivity index (χ4n) is 3.18. The summed E-state index contributed by atoms with van der Waals surface area (Å²) in [6.45, 7) is 13.7. The van der Waals surface area contributed by atoms with Gasteiger partial charge in [-0.2, -0.15) is 0 Å². The van der Waals surface area contributed by atoms with Crippen molar-refractivity contribution in [3.8, 4) is 0 Å². The molecule has 2 N–H and O–H groups in total. The molecule has 0 aliphatic carbocycles. The van der Waals surface area contributed by atoms with Gasteiger partial charge in [-0.25, -0.2) is 4.79 Å². The van der Waals surface area contributed by atoms with Crippen LogP contribution in [0.5, 0.6) is 0 Å². The van der Waals surface area contributed by atoms with Crippen molar-refractivity contribution in [1.29, 1.82) is 0 Å². The van der Waals surface area contributed by atoms with E-state index in [4.69, 9.17) is 4.74 Å². The van der Waals surface area contributed by atoms with Gasteiger partial charge in [-0.05, 0) is 25.2 Å². The molecule has 152 valence electrons. The second-order valence-corrected chi connectivity index (χ2v) is 7.39. The Balaban J connectivity index is 2.56. The monoisotopic (exact) mass is 370 g/mol. The molecule has 1 aliphatic heterocycles. The summed E-state index contributed by atoms with van der Waals surface area (Å²) in [6.07, 6.45) is 2.75. The number of ether oxygens (including phenoxy) is 1. The van der Waals surface area contributed by atoms with Gasteiger partial charge in [0.15, 0.2) is 0 Å². The lowest BCUT2D eigenvalue weighted by atomic mass is 10.0. The quantitative estimate of drug-likeness (QED) is 0.580. The molecule has 1 aliphatic rings. The third-order valence-electron chi connectivity index (χ3n) is 4.48. The first-order chi connectivity index (χ1) is 12.5. The van der Waals surface area contributed by atoms with Gasteiger partial charge in [-0.15, -0.1) is 0 Å². The molecule has 7 heteroatoms. The first-order valence-corrected chi connectivity index (χ1v) is 10.1. The molecule has 0 aromatic carbocycles. The molecule has 0 aromatic rings. The van der Waals surface area contributed by atoms with E-state index in [0.717, 1.165) is 45.6 Å². The van der Waals surface area contributed by atoms with Gasteiger partial charge in [-0.1, -0.05) is 27.7 Å². The Bertz CT molecular complexity index is 412. The summed E-state index contributed by atoms with van der Waals surface area (Å²) in [5, 5.41) is 5.89. The zero-order valence-electron chi connectivity index (χ0n) is 17.1. The molecule has 1 unspecified atom stereocenters. The number of carbonyl (C=O) groups excluding carboxylic acids is 2. The number of urea groups is 1. The average Bonchev–Trinajstić information content (AvgIpc) is 2.63. The Hall–Kier alpha value is -1.34.